The van der Waals surface area contributed by atoms with Crippen LogP contribution in [-0.2, 0) is 16.1 Å². The minimum atomic E-state index is -0.745. The second-order valence-electron chi connectivity index (χ2n) is 3.56. The number of anilines is 1. The van der Waals surface area contributed by atoms with Gasteiger partial charge in [-0.2, -0.15) is 0 Å². The highest BCUT2D eigenvalue weighted by atomic mass is 16.6. The molecule has 2 aliphatic heterocycles. The molecular formula is C11H12N2O6. The molecule has 2 bridgehead atoms. The van der Waals surface area contributed by atoms with E-state index < -0.39 is 17.0 Å². The summed E-state index contributed by atoms with van der Waals surface area (Å²) in [6.45, 7) is 1.65. The Balaban J connectivity index is 0.000000312. The monoisotopic (exact) mass is 268 g/mol. The van der Waals surface area contributed by atoms with Gasteiger partial charge in [-0.25, -0.2) is 4.79 Å². The van der Waals surface area contributed by atoms with Gasteiger partial charge in [0.05, 0.1) is 4.92 Å². The van der Waals surface area contributed by atoms with Crippen molar-refractivity contribution in [2.75, 3.05) is 5.32 Å². The minimum Gasteiger partial charge on any atom is -0.481 e. The van der Waals surface area contributed by atoms with Crippen LogP contribution in [0.25, 0.3) is 0 Å². The SMILES string of the molecule is CCC(=O)O.O=C1Nc2ccc(cc2[N+](=O)[O-])CO1. The molecule has 3 rings (SSSR count). The number of amides is 1. The maximum absolute atomic E-state index is 10.9. The fraction of sp³-hybridized carbons (Fsp3) is 0.273. The first kappa shape index (κ1) is 14.4. The van der Waals surface area contributed by atoms with E-state index in [1.165, 1.54) is 12.1 Å². The van der Waals surface area contributed by atoms with Crippen LogP contribution in [0.15, 0.2) is 18.2 Å². The molecule has 0 aliphatic carbocycles. The van der Waals surface area contributed by atoms with Crippen molar-refractivity contribution < 1.29 is 24.4 Å². The van der Waals surface area contributed by atoms with Crippen molar-refractivity contribution in [1.82, 2.24) is 0 Å². The number of carboxylic acid groups (broad SMARTS) is 1. The van der Waals surface area contributed by atoms with Crippen LogP contribution in [0, 0.1) is 10.1 Å². The summed E-state index contributed by atoms with van der Waals surface area (Å²) in [5, 5.41) is 20.6. The Morgan fingerprint density at radius 1 is 1.58 bits per heavy atom. The molecule has 0 radical (unpaired) electrons. The molecule has 0 saturated carbocycles. The molecule has 19 heavy (non-hydrogen) atoms. The number of fused-ring (bicyclic) bond motifs is 5. The number of hydrogen-bond donors (Lipinski definition) is 2. The normalized spacial score (nSPS) is 12.2. The smallest absolute Gasteiger partial charge is 0.412 e. The van der Waals surface area contributed by atoms with Gasteiger partial charge in [0.15, 0.2) is 0 Å². The number of nitrogens with one attached hydrogen (secondary N) is 1. The van der Waals surface area contributed by atoms with Crippen molar-refractivity contribution in [3.05, 3.63) is 33.9 Å². The molecule has 2 N–H and O–H groups in total. The van der Waals surface area contributed by atoms with Crippen LogP contribution in [0.5, 0.6) is 0 Å². The van der Waals surface area contributed by atoms with Gasteiger partial charge in [-0.05, 0) is 11.6 Å². The number of hydrogen-bond acceptors (Lipinski definition) is 5. The summed E-state index contributed by atoms with van der Waals surface area (Å²) in [5.41, 5.74) is 0.651. The van der Waals surface area contributed by atoms with Crippen molar-refractivity contribution >= 4 is 23.4 Å². The standard InChI is InChI=1S/C8H6N2O4.C3H6O2/c11-8-9-6-2-1-5(4-14-8)3-7(6)10(12)13;1-2-3(4)5/h1-3H,4H2,(H,9,11);2H2,1H3,(H,4,5). The van der Waals surface area contributed by atoms with Crippen LogP contribution in [-0.4, -0.2) is 22.1 Å². The Morgan fingerprint density at radius 2 is 2.21 bits per heavy atom. The maximum atomic E-state index is 10.9. The fourth-order valence-electron chi connectivity index (χ4n) is 1.22. The van der Waals surface area contributed by atoms with E-state index in [1.807, 2.05) is 0 Å². The second-order valence-corrected chi connectivity index (χ2v) is 3.56. The molecule has 0 atom stereocenters. The Morgan fingerprint density at radius 3 is 2.74 bits per heavy atom. The van der Waals surface area contributed by atoms with Gasteiger partial charge in [0.2, 0.25) is 0 Å². The number of carbonyl (C=O) groups excluding carboxylic acids is 1. The van der Waals surface area contributed by atoms with Crippen molar-refractivity contribution in [1.29, 1.82) is 0 Å². The first-order chi connectivity index (χ1) is 8.93. The van der Waals surface area contributed by atoms with E-state index in [2.05, 4.69) is 5.32 Å². The number of aliphatic carboxylic acids is 1. The molecule has 1 amide bonds. The molecular weight excluding hydrogens is 256 g/mol. The van der Waals surface area contributed by atoms with Crippen molar-refractivity contribution in [3.8, 4) is 0 Å². The van der Waals surface area contributed by atoms with Crippen LogP contribution in [0.3, 0.4) is 0 Å². The quantitative estimate of drug-likeness (QED) is 0.626. The third kappa shape index (κ3) is 4.26. The molecule has 0 unspecified atom stereocenters. The van der Waals surface area contributed by atoms with Crippen molar-refractivity contribution in [2.24, 2.45) is 0 Å². The zero-order chi connectivity index (χ0) is 14.4. The lowest BCUT2D eigenvalue weighted by molar-refractivity contribution is -0.384. The summed E-state index contributed by atoms with van der Waals surface area (Å²) in [6, 6.07) is 4.55. The van der Waals surface area contributed by atoms with Gasteiger partial charge < -0.3 is 9.84 Å². The van der Waals surface area contributed by atoms with E-state index in [0.717, 1.165) is 0 Å². The highest BCUT2D eigenvalue weighted by Crippen LogP contribution is 2.27. The Bertz CT molecular complexity index is 514. The lowest BCUT2D eigenvalue weighted by Gasteiger charge is -2.12. The number of nitro benzene ring substituents is 1. The van der Waals surface area contributed by atoms with Gasteiger partial charge in [0.25, 0.3) is 5.69 Å². The Hall–Kier alpha value is -2.64. The van der Waals surface area contributed by atoms with Crippen LogP contribution in [0.2, 0.25) is 0 Å². The third-order valence-corrected chi connectivity index (χ3v) is 2.17. The molecule has 0 aromatic heterocycles. The predicted octanol–water partition coefficient (Wildman–Crippen LogP) is 2.14. The Kier molecular flexibility index (Phi) is 4.81. The van der Waals surface area contributed by atoms with Gasteiger partial charge in [-0.3, -0.25) is 20.2 Å². The molecule has 1 aromatic rings. The third-order valence-electron chi connectivity index (χ3n) is 2.17. The lowest BCUT2D eigenvalue weighted by Crippen LogP contribution is -2.17. The summed E-state index contributed by atoms with van der Waals surface area (Å²) < 4.78 is 4.72. The zero-order valence-electron chi connectivity index (χ0n) is 10.1. The average molecular weight is 268 g/mol. The largest absolute Gasteiger partial charge is 0.481 e. The van der Waals surface area contributed by atoms with Crippen LogP contribution < -0.4 is 5.32 Å². The summed E-state index contributed by atoms with van der Waals surface area (Å²) in [5.74, 6) is -0.745. The molecule has 0 spiro atoms. The van der Waals surface area contributed by atoms with Gasteiger partial charge >= 0.3 is 12.1 Å². The summed E-state index contributed by atoms with van der Waals surface area (Å²) >= 11 is 0. The van der Waals surface area contributed by atoms with Crippen LogP contribution >= 0.6 is 0 Å². The van der Waals surface area contributed by atoms with E-state index in [9.17, 15) is 19.7 Å². The minimum absolute atomic E-state index is 0.0486. The number of nitro groups is 1. The topological polar surface area (TPSA) is 119 Å². The summed E-state index contributed by atoms with van der Waals surface area (Å²) in [6.07, 6.45) is -0.450. The second kappa shape index (κ2) is 6.34. The number of ether oxygens (including phenoxy) is 1. The molecule has 2 aliphatic rings. The lowest BCUT2D eigenvalue weighted by atomic mass is 10.1. The number of nitrogens with zero attached hydrogens (tertiary/aromatic N) is 1. The number of carboxylic acids is 1. The molecule has 0 fully saturated rings. The van der Waals surface area contributed by atoms with Crippen LogP contribution in [0.4, 0.5) is 16.2 Å². The molecule has 2 heterocycles. The first-order valence-electron chi connectivity index (χ1n) is 5.37. The van der Waals surface area contributed by atoms with E-state index in [0.29, 0.717) is 5.56 Å². The summed E-state index contributed by atoms with van der Waals surface area (Å²) in [4.78, 5) is 30.4. The van der Waals surface area contributed by atoms with Crippen molar-refractivity contribution in [2.45, 2.75) is 20.0 Å². The van der Waals surface area contributed by atoms with E-state index in [-0.39, 0.29) is 24.4 Å². The zero-order valence-corrected chi connectivity index (χ0v) is 10.1. The van der Waals surface area contributed by atoms with Gasteiger partial charge in [0.1, 0.15) is 12.3 Å². The first-order valence-corrected chi connectivity index (χ1v) is 5.37. The number of benzene rings is 1. The number of rotatable bonds is 2. The highest BCUT2D eigenvalue weighted by molar-refractivity contribution is 5.88. The van der Waals surface area contributed by atoms with E-state index >= 15 is 0 Å². The van der Waals surface area contributed by atoms with E-state index in [4.69, 9.17) is 9.84 Å². The highest BCUT2D eigenvalue weighted by Gasteiger charge is 2.20. The predicted molar refractivity (Wildman–Crippen MR) is 64.8 cm³/mol. The fourth-order valence-corrected chi connectivity index (χ4v) is 1.22. The van der Waals surface area contributed by atoms with Gasteiger partial charge in [-0.1, -0.05) is 13.0 Å². The maximum Gasteiger partial charge on any atom is 0.412 e. The molecule has 102 valence electrons. The van der Waals surface area contributed by atoms with Crippen molar-refractivity contribution in [3.63, 3.8) is 0 Å². The molecule has 0 saturated heterocycles. The Labute approximate surface area is 108 Å². The summed E-state index contributed by atoms with van der Waals surface area (Å²) in [7, 11) is 0. The number of carbonyl (C=O) groups is 2. The van der Waals surface area contributed by atoms with E-state index in [1.54, 1.807) is 13.0 Å². The van der Waals surface area contributed by atoms with Gasteiger partial charge in [0, 0.05) is 12.5 Å². The molecule has 1 aromatic carbocycles. The van der Waals surface area contributed by atoms with Gasteiger partial charge in [-0.15, -0.1) is 0 Å². The van der Waals surface area contributed by atoms with Crippen LogP contribution in [0.1, 0.15) is 18.9 Å². The molecule has 8 heteroatoms. The molecule has 8 nitrogen and oxygen atoms in total. The average Bonchev–Trinajstić information content (AvgIpc) is 2.34.